The van der Waals surface area contributed by atoms with Crippen LogP contribution in [0.15, 0.2) is 30.3 Å². The van der Waals surface area contributed by atoms with Crippen molar-refractivity contribution in [1.29, 1.82) is 0 Å². The Hall–Kier alpha value is -1.71. The number of amides is 1. The molecule has 0 radical (unpaired) electrons. The van der Waals surface area contributed by atoms with Crippen LogP contribution in [0.3, 0.4) is 0 Å². The van der Waals surface area contributed by atoms with Gasteiger partial charge in [0, 0.05) is 7.11 Å². The minimum atomic E-state index is -1.37. The molecule has 1 heterocycles. The average Bonchev–Trinajstić information content (AvgIpc) is 2.58. The lowest BCUT2D eigenvalue weighted by Crippen LogP contribution is -2.64. The fraction of sp³-hybridized carbons (Fsp3) is 0.533. The molecule has 2 rings (SSSR count). The first-order valence-corrected chi connectivity index (χ1v) is 7.19. The van der Waals surface area contributed by atoms with Gasteiger partial charge in [0.15, 0.2) is 6.29 Å². The SMILES string of the molecule is CO[C@@H]1O[C@H](CO)[C@H](O)[C@@H](O)[C@@H]1NC(=O)OCc1ccccc1. The summed E-state index contributed by atoms with van der Waals surface area (Å²) in [4.78, 5) is 11.9. The zero-order valence-corrected chi connectivity index (χ0v) is 12.7. The summed E-state index contributed by atoms with van der Waals surface area (Å²) in [6.07, 6.45) is -5.51. The van der Waals surface area contributed by atoms with E-state index in [1.807, 2.05) is 18.2 Å². The molecule has 1 aromatic carbocycles. The summed E-state index contributed by atoms with van der Waals surface area (Å²) >= 11 is 0. The number of rotatable bonds is 5. The third kappa shape index (κ3) is 4.40. The smallest absolute Gasteiger partial charge is 0.407 e. The van der Waals surface area contributed by atoms with Crippen molar-refractivity contribution < 1.29 is 34.3 Å². The van der Waals surface area contributed by atoms with Gasteiger partial charge in [-0.3, -0.25) is 0 Å². The van der Waals surface area contributed by atoms with Crippen LogP contribution in [-0.4, -0.2) is 65.8 Å². The van der Waals surface area contributed by atoms with Gasteiger partial charge in [-0.05, 0) is 5.56 Å². The highest BCUT2D eigenvalue weighted by Gasteiger charge is 2.45. The van der Waals surface area contributed by atoms with Gasteiger partial charge in [0.1, 0.15) is 31.0 Å². The van der Waals surface area contributed by atoms with Crippen LogP contribution >= 0.6 is 0 Å². The zero-order chi connectivity index (χ0) is 16.8. The van der Waals surface area contributed by atoms with E-state index in [2.05, 4.69) is 5.32 Å². The molecular formula is C15H21NO7. The Morgan fingerprint density at radius 2 is 1.96 bits per heavy atom. The van der Waals surface area contributed by atoms with Gasteiger partial charge in [0.25, 0.3) is 0 Å². The molecule has 128 valence electrons. The fourth-order valence-electron chi connectivity index (χ4n) is 2.34. The molecule has 1 amide bonds. The topological polar surface area (TPSA) is 117 Å². The third-order valence-electron chi connectivity index (χ3n) is 3.61. The molecule has 0 bridgehead atoms. The minimum Gasteiger partial charge on any atom is -0.445 e. The van der Waals surface area contributed by atoms with E-state index in [9.17, 15) is 15.0 Å². The zero-order valence-electron chi connectivity index (χ0n) is 12.7. The van der Waals surface area contributed by atoms with Crippen molar-refractivity contribution in [1.82, 2.24) is 5.32 Å². The van der Waals surface area contributed by atoms with Gasteiger partial charge < -0.3 is 34.8 Å². The van der Waals surface area contributed by atoms with Crippen molar-refractivity contribution in [2.45, 2.75) is 37.3 Å². The van der Waals surface area contributed by atoms with E-state index < -0.39 is 43.3 Å². The summed E-state index contributed by atoms with van der Waals surface area (Å²) in [7, 11) is 1.33. The Balaban J connectivity index is 1.92. The number of hydrogen-bond acceptors (Lipinski definition) is 7. The first-order chi connectivity index (χ1) is 11.1. The molecule has 23 heavy (non-hydrogen) atoms. The largest absolute Gasteiger partial charge is 0.445 e. The molecule has 4 N–H and O–H groups in total. The van der Waals surface area contributed by atoms with Crippen LogP contribution < -0.4 is 5.32 Å². The van der Waals surface area contributed by atoms with Crippen LogP contribution in [0.2, 0.25) is 0 Å². The second kappa shape index (κ2) is 8.23. The minimum absolute atomic E-state index is 0.0653. The molecule has 5 atom stereocenters. The summed E-state index contributed by atoms with van der Waals surface area (Å²) in [5.74, 6) is 0. The molecule has 8 heteroatoms. The quantitative estimate of drug-likeness (QED) is 0.568. The average molecular weight is 327 g/mol. The van der Waals surface area contributed by atoms with Crippen molar-refractivity contribution in [2.24, 2.45) is 0 Å². The number of aliphatic hydroxyl groups excluding tert-OH is 3. The van der Waals surface area contributed by atoms with Gasteiger partial charge in [-0.25, -0.2) is 4.79 Å². The van der Waals surface area contributed by atoms with Gasteiger partial charge in [-0.1, -0.05) is 30.3 Å². The van der Waals surface area contributed by atoms with Crippen LogP contribution in [0, 0.1) is 0 Å². The molecule has 0 aliphatic carbocycles. The summed E-state index contributed by atoms with van der Waals surface area (Å²) < 4.78 is 15.4. The summed E-state index contributed by atoms with van der Waals surface area (Å²) in [6, 6.07) is 8.07. The van der Waals surface area contributed by atoms with Crippen LogP contribution in [0.5, 0.6) is 0 Å². The molecule has 1 aliphatic heterocycles. The van der Waals surface area contributed by atoms with Gasteiger partial charge in [-0.2, -0.15) is 0 Å². The van der Waals surface area contributed by atoms with E-state index in [0.717, 1.165) is 5.56 Å². The summed E-state index contributed by atoms with van der Waals surface area (Å²) in [6.45, 7) is -0.418. The number of methoxy groups -OCH3 is 1. The molecule has 0 spiro atoms. The van der Waals surface area contributed by atoms with Gasteiger partial charge in [-0.15, -0.1) is 0 Å². The van der Waals surface area contributed by atoms with E-state index in [0.29, 0.717) is 0 Å². The van der Waals surface area contributed by atoms with Crippen molar-refractivity contribution in [3.63, 3.8) is 0 Å². The maximum Gasteiger partial charge on any atom is 0.407 e. The Labute approximate surface area is 133 Å². The number of carbonyl (C=O) groups is 1. The van der Waals surface area contributed by atoms with Crippen molar-refractivity contribution in [3.8, 4) is 0 Å². The number of alkyl carbamates (subject to hydrolysis) is 1. The summed E-state index contributed by atoms with van der Waals surface area (Å²) in [5, 5.41) is 31.5. The lowest BCUT2D eigenvalue weighted by atomic mass is 9.97. The fourth-order valence-corrected chi connectivity index (χ4v) is 2.34. The number of nitrogens with one attached hydrogen (secondary N) is 1. The number of ether oxygens (including phenoxy) is 3. The van der Waals surface area contributed by atoms with E-state index in [1.54, 1.807) is 12.1 Å². The summed E-state index contributed by atoms with van der Waals surface area (Å²) in [5.41, 5.74) is 0.812. The molecule has 1 saturated heterocycles. The van der Waals surface area contributed by atoms with Gasteiger partial charge in [0.05, 0.1) is 6.61 Å². The number of benzene rings is 1. The lowest BCUT2D eigenvalue weighted by molar-refractivity contribution is -0.262. The monoisotopic (exact) mass is 327 g/mol. The second-order valence-corrected chi connectivity index (χ2v) is 5.17. The molecule has 0 unspecified atom stereocenters. The highest BCUT2D eigenvalue weighted by atomic mass is 16.7. The molecule has 1 fully saturated rings. The molecule has 8 nitrogen and oxygen atoms in total. The first kappa shape index (κ1) is 17.6. The first-order valence-electron chi connectivity index (χ1n) is 7.19. The molecule has 0 saturated carbocycles. The maximum absolute atomic E-state index is 11.9. The second-order valence-electron chi connectivity index (χ2n) is 5.17. The van der Waals surface area contributed by atoms with Crippen LogP contribution in [0.25, 0.3) is 0 Å². The van der Waals surface area contributed by atoms with E-state index in [1.165, 1.54) is 7.11 Å². The van der Waals surface area contributed by atoms with Crippen LogP contribution in [0.4, 0.5) is 4.79 Å². The van der Waals surface area contributed by atoms with Gasteiger partial charge >= 0.3 is 6.09 Å². The van der Waals surface area contributed by atoms with Crippen molar-refractivity contribution in [2.75, 3.05) is 13.7 Å². The Morgan fingerprint density at radius 1 is 1.26 bits per heavy atom. The standard InChI is InChI=1S/C15H21NO7/c1-21-14-11(13(19)12(18)10(7-17)23-14)16-15(20)22-8-9-5-3-2-4-6-9/h2-6,10-14,17-19H,7-8H2,1H3,(H,16,20)/t10-,11+,12+,13+,14-/m1/s1. The predicted octanol–water partition coefficient (Wildman–Crippen LogP) is -0.633. The van der Waals surface area contributed by atoms with Crippen molar-refractivity contribution >= 4 is 6.09 Å². The number of hydrogen-bond donors (Lipinski definition) is 4. The third-order valence-corrected chi connectivity index (χ3v) is 3.61. The Bertz CT molecular complexity index is 496. The van der Waals surface area contributed by atoms with E-state index in [4.69, 9.17) is 19.3 Å². The lowest BCUT2D eigenvalue weighted by Gasteiger charge is -2.41. The van der Waals surface area contributed by atoms with Crippen molar-refractivity contribution in [3.05, 3.63) is 35.9 Å². The van der Waals surface area contributed by atoms with Crippen LogP contribution in [-0.2, 0) is 20.8 Å². The van der Waals surface area contributed by atoms with Gasteiger partial charge in [0.2, 0.25) is 0 Å². The molecule has 1 aromatic rings. The molecular weight excluding hydrogens is 306 g/mol. The normalized spacial score (nSPS) is 30.7. The van der Waals surface area contributed by atoms with E-state index >= 15 is 0 Å². The Morgan fingerprint density at radius 3 is 2.57 bits per heavy atom. The molecule has 0 aromatic heterocycles. The Kier molecular flexibility index (Phi) is 6.31. The molecule has 1 aliphatic rings. The highest BCUT2D eigenvalue weighted by molar-refractivity contribution is 5.67. The van der Waals surface area contributed by atoms with E-state index in [-0.39, 0.29) is 6.61 Å². The predicted molar refractivity (Wildman–Crippen MR) is 78.3 cm³/mol. The number of aliphatic hydroxyl groups is 3. The number of carbonyl (C=O) groups excluding carboxylic acids is 1. The highest BCUT2D eigenvalue weighted by Crippen LogP contribution is 2.21. The maximum atomic E-state index is 11.9. The van der Waals surface area contributed by atoms with Crippen LogP contribution in [0.1, 0.15) is 5.56 Å².